The number of hydrogen-bond acceptors (Lipinski definition) is 6. The maximum absolute atomic E-state index is 12.4. The summed E-state index contributed by atoms with van der Waals surface area (Å²) >= 11 is 0. The predicted octanol–water partition coefficient (Wildman–Crippen LogP) is 1.79. The van der Waals surface area contributed by atoms with Crippen LogP contribution in [0.3, 0.4) is 0 Å². The van der Waals surface area contributed by atoms with Crippen LogP contribution in [-0.2, 0) is 19.5 Å². The van der Waals surface area contributed by atoms with Crippen molar-refractivity contribution < 1.29 is 27.4 Å². The van der Waals surface area contributed by atoms with Gasteiger partial charge in [0, 0.05) is 6.61 Å². The first-order valence-electron chi connectivity index (χ1n) is 7.34. The molecule has 2 rings (SSSR count). The minimum atomic E-state index is -3.69. The van der Waals surface area contributed by atoms with Crippen molar-refractivity contribution in [1.82, 2.24) is 0 Å². The second-order valence-corrected chi connectivity index (χ2v) is 7.01. The predicted molar refractivity (Wildman–Crippen MR) is 85.3 cm³/mol. The van der Waals surface area contributed by atoms with Crippen molar-refractivity contribution in [3.05, 3.63) is 23.8 Å². The van der Waals surface area contributed by atoms with Gasteiger partial charge in [-0.05, 0) is 31.4 Å². The molecule has 1 saturated heterocycles. The third-order valence-corrected chi connectivity index (χ3v) is 4.91. The van der Waals surface area contributed by atoms with E-state index in [4.69, 9.17) is 9.47 Å². The molecule has 0 aromatic heterocycles. The maximum Gasteiger partial charge on any atom is 0.340 e. The quantitative estimate of drug-likeness (QED) is 0.792. The van der Waals surface area contributed by atoms with Crippen LogP contribution in [0.25, 0.3) is 0 Å². The van der Waals surface area contributed by atoms with Gasteiger partial charge in [-0.1, -0.05) is 6.07 Å². The second kappa shape index (κ2) is 7.65. The largest absolute Gasteiger partial charge is 0.495 e. The monoisotopic (exact) mass is 343 g/mol. The van der Waals surface area contributed by atoms with E-state index in [-0.39, 0.29) is 28.9 Å². The number of hydrogen-bond donors (Lipinski definition) is 1. The van der Waals surface area contributed by atoms with Crippen molar-refractivity contribution in [2.24, 2.45) is 0 Å². The van der Waals surface area contributed by atoms with E-state index in [1.807, 2.05) is 0 Å². The van der Waals surface area contributed by atoms with Gasteiger partial charge in [-0.3, -0.25) is 4.72 Å². The van der Waals surface area contributed by atoms with Crippen LogP contribution >= 0.6 is 0 Å². The average Bonchev–Trinajstić information content (AvgIpc) is 2.54. The number of sulfonamides is 1. The van der Waals surface area contributed by atoms with Gasteiger partial charge < -0.3 is 14.2 Å². The van der Waals surface area contributed by atoms with Gasteiger partial charge in [0.15, 0.2) is 0 Å². The fraction of sp³-hybridized carbons (Fsp3) is 0.533. The Morgan fingerprint density at radius 2 is 2.13 bits per heavy atom. The molecule has 1 N–H and O–H groups in total. The number of rotatable bonds is 6. The van der Waals surface area contributed by atoms with Gasteiger partial charge in [-0.2, -0.15) is 0 Å². The Balaban J connectivity index is 2.24. The molecule has 0 bridgehead atoms. The number of methoxy groups -OCH3 is 2. The molecule has 1 aromatic rings. The molecule has 7 nitrogen and oxygen atoms in total. The first kappa shape index (κ1) is 17.6. The van der Waals surface area contributed by atoms with Crippen LogP contribution in [0.15, 0.2) is 18.2 Å². The zero-order valence-electron chi connectivity index (χ0n) is 13.2. The number of carbonyl (C=O) groups is 1. The van der Waals surface area contributed by atoms with Gasteiger partial charge >= 0.3 is 5.97 Å². The summed E-state index contributed by atoms with van der Waals surface area (Å²) in [6.07, 6.45) is 2.26. The molecule has 23 heavy (non-hydrogen) atoms. The van der Waals surface area contributed by atoms with Crippen LogP contribution < -0.4 is 9.46 Å². The third kappa shape index (κ3) is 4.59. The van der Waals surface area contributed by atoms with Gasteiger partial charge in [0.1, 0.15) is 11.4 Å². The first-order valence-corrected chi connectivity index (χ1v) is 8.99. The second-order valence-electron chi connectivity index (χ2n) is 5.25. The summed E-state index contributed by atoms with van der Waals surface area (Å²) in [5, 5.41) is 0. The van der Waals surface area contributed by atoms with Crippen molar-refractivity contribution in [2.45, 2.75) is 25.4 Å². The molecule has 1 aromatic carbocycles. The highest BCUT2D eigenvalue weighted by Gasteiger charge is 2.25. The smallest absolute Gasteiger partial charge is 0.340 e. The number of benzene rings is 1. The molecule has 0 radical (unpaired) electrons. The molecular formula is C15H21NO6S. The highest BCUT2D eigenvalue weighted by molar-refractivity contribution is 7.92. The maximum atomic E-state index is 12.4. The summed E-state index contributed by atoms with van der Waals surface area (Å²) in [5.41, 5.74) is 0.178. The van der Waals surface area contributed by atoms with Gasteiger partial charge in [0.05, 0.1) is 31.6 Å². The van der Waals surface area contributed by atoms with E-state index in [1.54, 1.807) is 12.1 Å². The molecule has 0 unspecified atom stereocenters. The van der Waals surface area contributed by atoms with Crippen LogP contribution in [0.1, 0.15) is 29.6 Å². The molecule has 128 valence electrons. The molecule has 0 spiro atoms. The number of nitrogens with one attached hydrogen (secondary N) is 1. The summed E-state index contributed by atoms with van der Waals surface area (Å²) in [7, 11) is -1.06. The highest BCUT2D eigenvalue weighted by atomic mass is 32.2. The lowest BCUT2D eigenvalue weighted by atomic mass is 10.1. The Hall–Kier alpha value is -1.80. The standard InChI is InChI=1S/C15H21NO6S/c1-20-13-8-5-7-12(15(17)21-2)14(13)16-23(18,19)10-11-6-3-4-9-22-11/h5,7-8,11,16H,3-4,6,9-10H2,1-2H3/t11-/m0/s1. The number of para-hydroxylation sites is 1. The molecule has 0 aliphatic carbocycles. The number of esters is 1. The zero-order chi connectivity index (χ0) is 16.9. The SMILES string of the molecule is COC(=O)c1cccc(OC)c1NS(=O)(=O)C[C@@H]1CCCCO1. The number of anilines is 1. The Morgan fingerprint density at radius 3 is 2.74 bits per heavy atom. The van der Waals surface area contributed by atoms with Crippen LogP contribution in [0.5, 0.6) is 5.75 Å². The zero-order valence-corrected chi connectivity index (χ0v) is 14.0. The molecule has 1 aliphatic rings. The van der Waals surface area contributed by atoms with E-state index in [1.165, 1.54) is 20.3 Å². The van der Waals surface area contributed by atoms with Crippen LogP contribution in [-0.4, -0.2) is 47.1 Å². The van der Waals surface area contributed by atoms with E-state index in [0.29, 0.717) is 13.0 Å². The lowest BCUT2D eigenvalue weighted by Gasteiger charge is -2.23. The van der Waals surface area contributed by atoms with E-state index in [2.05, 4.69) is 9.46 Å². The molecule has 1 heterocycles. The minimum absolute atomic E-state index is 0.0812. The van der Waals surface area contributed by atoms with Gasteiger partial charge in [0.2, 0.25) is 10.0 Å². The molecule has 0 amide bonds. The Labute approximate surface area is 136 Å². The Morgan fingerprint density at radius 1 is 1.35 bits per heavy atom. The Bertz CT molecular complexity index is 652. The first-order chi connectivity index (χ1) is 11.0. The average molecular weight is 343 g/mol. The molecule has 8 heteroatoms. The van der Waals surface area contributed by atoms with Crippen LogP contribution in [0.2, 0.25) is 0 Å². The lowest BCUT2D eigenvalue weighted by molar-refractivity contribution is 0.0306. The fourth-order valence-electron chi connectivity index (χ4n) is 2.47. The van der Waals surface area contributed by atoms with Gasteiger partial charge in [-0.15, -0.1) is 0 Å². The van der Waals surface area contributed by atoms with Crippen molar-refractivity contribution in [2.75, 3.05) is 31.3 Å². The summed E-state index contributed by atoms with van der Waals surface area (Å²) in [6.45, 7) is 0.572. The summed E-state index contributed by atoms with van der Waals surface area (Å²) in [6, 6.07) is 4.64. The molecule has 0 saturated carbocycles. The normalized spacial score (nSPS) is 18.3. The lowest BCUT2D eigenvalue weighted by Crippen LogP contribution is -2.31. The minimum Gasteiger partial charge on any atom is -0.495 e. The summed E-state index contributed by atoms with van der Waals surface area (Å²) in [4.78, 5) is 11.8. The van der Waals surface area contributed by atoms with E-state index >= 15 is 0 Å². The molecule has 1 fully saturated rings. The topological polar surface area (TPSA) is 90.9 Å². The van der Waals surface area contributed by atoms with Crippen molar-refractivity contribution in [3.8, 4) is 5.75 Å². The molecule has 1 atom stereocenters. The van der Waals surface area contributed by atoms with Crippen molar-refractivity contribution in [3.63, 3.8) is 0 Å². The summed E-state index contributed by atoms with van der Waals surface area (Å²) in [5.74, 6) is -0.553. The van der Waals surface area contributed by atoms with Crippen LogP contribution in [0.4, 0.5) is 5.69 Å². The van der Waals surface area contributed by atoms with Gasteiger partial charge in [-0.25, -0.2) is 13.2 Å². The van der Waals surface area contributed by atoms with E-state index < -0.39 is 16.0 Å². The number of carbonyl (C=O) groups excluding carboxylic acids is 1. The van der Waals surface area contributed by atoms with Crippen molar-refractivity contribution >= 4 is 21.7 Å². The number of ether oxygens (including phenoxy) is 3. The highest BCUT2D eigenvalue weighted by Crippen LogP contribution is 2.30. The van der Waals surface area contributed by atoms with Crippen LogP contribution in [0, 0.1) is 0 Å². The van der Waals surface area contributed by atoms with E-state index in [9.17, 15) is 13.2 Å². The van der Waals surface area contributed by atoms with E-state index in [0.717, 1.165) is 12.8 Å². The fourth-order valence-corrected chi connectivity index (χ4v) is 3.82. The molecule has 1 aliphatic heterocycles. The molecular weight excluding hydrogens is 322 g/mol. The van der Waals surface area contributed by atoms with Gasteiger partial charge in [0.25, 0.3) is 0 Å². The third-order valence-electron chi connectivity index (χ3n) is 3.59. The summed E-state index contributed by atoms with van der Waals surface area (Å²) < 4.78 is 42.5. The Kier molecular flexibility index (Phi) is 5.84. The van der Waals surface area contributed by atoms with Crippen molar-refractivity contribution in [1.29, 1.82) is 0 Å².